The molecule has 0 aromatic heterocycles. The molecule has 29 heavy (non-hydrogen) atoms. The Morgan fingerprint density at radius 1 is 1.14 bits per heavy atom. The number of carbonyl (C=O) groups is 1. The molecule has 1 aromatic carbocycles. The van der Waals surface area contributed by atoms with Crippen LogP contribution < -0.4 is 0 Å². The summed E-state index contributed by atoms with van der Waals surface area (Å²) in [5.41, 5.74) is -1.98. The van der Waals surface area contributed by atoms with Crippen molar-refractivity contribution in [1.29, 1.82) is 0 Å². The first-order chi connectivity index (χ1) is 13.0. The van der Waals surface area contributed by atoms with E-state index in [2.05, 4.69) is 14.9 Å². The van der Waals surface area contributed by atoms with Gasteiger partial charge in [0.1, 0.15) is 17.9 Å². The van der Waals surface area contributed by atoms with Crippen LogP contribution in [0.2, 0.25) is 0 Å². The summed E-state index contributed by atoms with van der Waals surface area (Å²) in [6.07, 6.45) is -5.85. The van der Waals surface area contributed by atoms with Gasteiger partial charge in [0.05, 0.1) is 0 Å². The highest BCUT2D eigenvalue weighted by atomic mass is 28.2. The summed E-state index contributed by atoms with van der Waals surface area (Å²) in [4.78, 5) is 13.9. The molecule has 3 radical (unpaired) electrons. The van der Waals surface area contributed by atoms with Crippen LogP contribution in [-0.4, -0.2) is 44.7 Å². The molecule has 9 heteroatoms. The minimum absolute atomic E-state index is 0.0807. The molecule has 2 rings (SSSR count). The maximum Gasteiger partial charge on any atom is 0.444 e. The quantitative estimate of drug-likeness (QED) is 0.645. The molecule has 1 atom stereocenters. The monoisotopic (exact) mass is 430 g/mol. The lowest BCUT2D eigenvalue weighted by Gasteiger charge is -2.42. The standard InChI is InChI=1S/C20H27F3NO4Si/c1-16(2,3)14-11-9-8-10-13(14)12-26-15(25)24-17(4,5)19(28-29,20(21,22)23)27-18(24,6)7/h8-11H,12H2,1-7H3/t19-/m0/s1. The second-order valence-electron chi connectivity index (χ2n) is 9.12. The van der Waals surface area contributed by atoms with Gasteiger partial charge in [0.15, 0.2) is 0 Å². The zero-order chi connectivity index (χ0) is 22.5. The number of hydrogen-bond acceptors (Lipinski definition) is 4. The number of benzene rings is 1. The van der Waals surface area contributed by atoms with Gasteiger partial charge in [-0.25, -0.2) is 4.79 Å². The third-order valence-corrected chi connectivity index (χ3v) is 5.46. The third kappa shape index (κ3) is 3.92. The van der Waals surface area contributed by atoms with E-state index >= 15 is 0 Å². The Hall–Kier alpha value is -1.58. The number of carbonyl (C=O) groups excluding carboxylic acids is 1. The van der Waals surface area contributed by atoms with Crippen LogP contribution >= 0.6 is 0 Å². The summed E-state index contributed by atoms with van der Waals surface area (Å²) in [5, 5.41) is 0. The smallest absolute Gasteiger partial charge is 0.444 e. The van der Waals surface area contributed by atoms with Crippen molar-refractivity contribution in [3.63, 3.8) is 0 Å². The fourth-order valence-electron chi connectivity index (χ4n) is 3.98. The molecule has 0 saturated carbocycles. The minimum Gasteiger partial charge on any atom is -0.444 e. The highest BCUT2D eigenvalue weighted by Crippen LogP contribution is 2.54. The van der Waals surface area contributed by atoms with Gasteiger partial charge in [-0.3, -0.25) is 4.90 Å². The van der Waals surface area contributed by atoms with Crippen molar-refractivity contribution in [2.24, 2.45) is 0 Å². The van der Waals surface area contributed by atoms with Gasteiger partial charge < -0.3 is 13.9 Å². The Morgan fingerprint density at radius 2 is 1.69 bits per heavy atom. The molecule has 1 saturated heterocycles. The van der Waals surface area contributed by atoms with Crippen LogP contribution in [0, 0.1) is 0 Å². The first-order valence-electron chi connectivity index (χ1n) is 9.18. The second kappa shape index (κ2) is 7.28. The number of halogens is 3. The molecule has 0 unspecified atom stereocenters. The number of rotatable bonds is 3. The Kier molecular flexibility index (Phi) is 5.95. The van der Waals surface area contributed by atoms with Gasteiger partial charge in [-0.05, 0) is 44.2 Å². The van der Waals surface area contributed by atoms with Gasteiger partial charge in [-0.2, -0.15) is 13.2 Å². The van der Waals surface area contributed by atoms with E-state index in [1.54, 1.807) is 0 Å². The van der Waals surface area contributed by atoms with Gasteiger partial charge in [0, 0.05) is 0 Å². The Bertz CT molecular complexity index is 774. The average molecular weight is 431 g/mol. The Labute approximate surface area is 173 Å². The fourth-order valence-corrected chi connectivity index (χ4v) is 4.39. The predicted molar refractivity (Wildman–Crippen MR) is 102 cm³/mol. The van der Waals surface area contributed by atoms with E-state index in [-0.39, 0.29) is 12.0 Å². The normalized spacial score (nSPS) is 23.9. The summed E-state index contributed by atoms with van der Waals surface area (Å²) < 4.78 is 56.9. The number of hydrogen-bond donors (Lipinski definition) is 0. The van der Waals surface area contributed by atoms with Gasteiger partial charge in [0.2, 0.25) is 0 Å². The zero-order valence-corrected chi connectivity index (χ0v) is 18.7. The Morgan fingerprint density at radius 3 is 2.14 bits per heavy atom. The van der Waals surface area contributed by atoms with Crippen LogP contribution in [0.5, 0.6) is 0 Å². The predicted octanol–water partition coefficient (Wildman–Crippen LogP) is 4.83. The van der Waals surface area contributed by atoms with Crippen LogP contribution in [0.1, 0.15) is 59.6 Å². The van der Waals surface area contributed by atoms with E-state index in [1.807, 2.05) is 45.0 Å². The van der Waals surface area contributed by atoms with E-state index in [4.69, 9.17) is 9.47 Å². The topological polar surface area (TPSA) is 48.0 Å². The van der Waals surface area contributed by atoms with Gasteiger partial charge in [-0.15, -0.1) is 0 Å². The minimum atomic E-state index is -4.91. The molecule has 1 fully saturated rings. The number of alkyl halides is 3. The highest BCUT2D eigenvalue weighted by molar-refractivity contribution is 5.98. The van der Waals surface area contributed by atoms with Gasteiger partial charge >= 0.3 is 12.3 Å². The van der Waals surface area contributed by atoms with E-state index in [0.717, 1.165) is 16.0 Å². The summed E-state index contributed by atoms with van der Waals surface area (Å²) in [6.45, 7) is 11.2. The molecule has 1 aliphatic rings. The molecular weight excluding hydrogens is 403 g/mol. The first-order valence-corrected chi connectivity index (χ1v) is 9.59. The van der Waals surface area contributed by atoms with Crippen molar-refractivity contribution < 1.29 is 31.9 Å². The zero-order valence-electron chi connectivity index (χ0n) is 17.7. The lowest BCUT2D eigenvalue weighted by Crippen LogP contribution is -2.64. The SMILES string of the molecule is CC(C)(C)c1ccccc1COC(=O)N1C(C)(C)O[C@@](O[Si])(C(F)(F)F)C1(C)C. The van der Waals surface area contributed by atoms with Gasteiger partial charge in [0.25, 0.3) is 16.3 Å². The molecule has 0 bridgehead atoms. The summed E-state index contributed by atoms with van der Waals surface area (Å²) in [7, 11) is 2.51. The number of nitrogens with zero attached hydrogens (tertiary/aromatic N) is 1. The molecule has 1 heterocycles. The molecule has 1 amide bonds. The molecule has 0 N–H and O–H groups in total. The maximum atomic E-state index is 13.9. The average Bonchev–Trinajstić information content (AvgIpc) is 2.73. The maximum absolute atomic E-state index is 13.9. The van der Waals surface area contributed by atoms with Crippen molar-refractivity contribution >= 4 is 16.6 Å². The molecule has 0 aliphatic carbocycles. The molecule has 161 valence electrons. The second-order valence-corrected chi connectivity index (χ2v) is 9.33. The van der Waals surface area contributed by atoms with E-state index in [1.165, 1.54) is 27.7 Å². The summed E-state index contributed by atoms with van der Waals surface area (Å²) in [6, 6.07) is 7.46. The largest absolute Gasteiger partial charge is 0.444 e. The Balaban J connectivity index is 2.34. The molecule has 5 nitrogen and oxygen atoms in total. The van der Waals surface area contributed by atoms with E-state index in [0.29, 0.717) is 0 Å². The summed E-state index contributed by atoms with van der Waals surface area (Å²) in [5.74, 6) is -3.07. The lowest BCUT2D eigenvalue weighted by atomic mass is 9.84. The van der Waals surface area contributed by atoms with E-state index < -0.39 is 29.3 Å². The summed E-state index contributed by atoms with van der Waals surface area (Å²) >= 11 is 0. The highest BCUT2D eigenvalue weighted by Gasteiger charge is 2.76. The van der Waals surface area contributed by atoms with Crippen LogP contribution in [0.3, 0.4) is 0 Å². The van der Waals surface area contributed by atoms with Crippen molar-refractivity contribution in [2.45, 2.75) is 83.7 Å². The van der Waals surface area contributed by atoms with Crippen LogP contribution in [0.4, 0.5) is 18.0 Å². The number of ether oxygens (including phenoxy) is 2. The molecular formula is C20H27F3NO4Si. The van der Waals surface area contributed by atoms with Crippen LogP contribution in [0.15, 0.2) is 24.3 Å². The van der Waals surface area contributed by atoms with Crippen LogP contribution in [0.25, 0.3) is 0 Å². The van der Waals surface area contributed by atoms with Crippen molar-refractivity contribution in [3.05, 3.63) is 35.4 Å². The van der Waals surface area contributed by atoms with Crippen molar-refractivity contribution in [2.75, 3.05) is 0 Å². The number of amides is 1. The van der Waals surface area contributed by atoms with Gasteiger partial charge in [-0.1, -0.05) is 45.0 Å². The molecule has 1 aliphatic heterocycles. The third-order valence-electron chi connectivity index (χ3n) is 5.17. The van der Waals surface area contributed by atoms with E-state index in [9.17, 15) is 18.0 Å². The van der Waals surface area contributed by atoms with Crippen LogP contribution in [-0.2, 0) is 25.9 Å². The fraction of sp³-hybridized carbons (Fsp3) is 0.650. The molecule has 0 spiro atoms. The van der Waals surface area contributed by atoms with Crippen molar-refractivity contribution in [3.8, 4) is 0 Å². The van der Waals surface area contributed by atoms with Crippen molar-refractivity contribution in [1.82, 2.24) is 4.90 Å². The first kappa shape index (κ1) is 23.7. The lowest BCUT2D eigenvalue weighted by molar-refractivity contribution is -0.366. The molecule has 1 aromatic rings.